The Kier molecular flexibility index (Phi) is 6.62. The molecule has 136 valence electrons. The maximum Gasteiger partial charge on any atom is 1.00 e. The van der Waals surface area contributed by atoms with Crippen molar-refractivity contribution in [1.82, 2.24) is 4.90 Å². The van der Waals surface area contributed by atoms with Crippen molar-refractivity contribution in [3.8, 4) is 11.5 Å². The average molecular weight is 391 g/mol. The van der Waals surface area contributed by atoms with Gasteiger partial charge in [0.15, 0.2) is 11.5 Å². The first-order chi connectivity index (χ1) is 11.8. The summed E-state index contributed by atoms with van der Waals surface area (Å²) in [5.74, 6) is -0.0251. The summed E-state index contributed by atoms with van der Waals surface area (Å²) in [6, 6.07) is 2.69. The molecule has 1 aromatic heterocycles. The van der Waals surface area contributed by atoms with Gasteiger partial charge in [0.05, 0.1) is 12.7 Å². The standard InChI is InChI=1S/C16H19NO7S.Na/c1-10-15(16(18)17-6-4-3-5-7-17)11-8-14(24-25(19,20)21)13(22-2)9-12(11)23-10;/h8-9H,3-7H2,1-2H3,(H,19,20,21);/q;+1/p-1. The maximum atomic E-state index is 12.9. The molecule has 1 saturated heterocycles. The Balaban J connectivity index is 0.00000243. The van der Waals surface area contributed by atoms with Gasteiger partial charge in [-0.15, -0.1) is 0 Å². The third kappa shape index (κ3) is 4.34. The molecule has 1 aliphatic heterocycles. The quantitative estimate of drug-likeness (QED) is 0.382. The second-order valence-corrected chi connectivity index (χ2v) is 6.86. The van der Waals surface area contributed by atoms with Crippen LogP contribution >= 0.6 is 0 Å². The fraction of sp³-hybridized carbons (Fsp3) is 0.438. The van der Waals surface area contributed by atoms with Gasteiger partial charge in [0.25, 0.3) is 16.3 Å². The molecule has 0 unspecified atom stereocenters. The van der Waals surface area contributed by atoms with Crippen LogP contribution in [0.2, 0.25) is 0 Å². The van der Waals surface area contributed by atoms with Crippen LogP contribution in [-0.2, 0) is 10.4 Å². The van der Waals surface area contributed by atoms with Crippen LogP contribution in [0.25, 0.3) is 11.0 Å². The molecule has 1 aliphatic rings. The molecule has 1 amide bonds. The summed E-state index contributed by atoms with van der Waals surface area (Å²) >= 11 is 0. The van der Waals surface area contributed by atoms with Gasteiger partial charge < -0.3 is 22.8 Å². The number of carbonyl (C=O) groups excluding carboxylic acids is 1. The molecular formula is C16H18NNaO7S. The van der Waals surface area contributed by atoms with Crippen molar-refractivity contribution in [2.24, 2.45) is 0 Å². The molecule has 26 heavy (non-hydrogen) atoms. The molecule has 3 rings (SSSR count). The molecule has 0 saturated carbocycles. The van der Waals surface area contributed by atoms with Crippen LogP contribution in [0.1, 0.15) is 35.4 Å². The number of ether oxygens (including phenoxy) is 1. The number of benzene rings is 1. The van der Waals surface area contributed by atoms with Crippen LogP contribution < -0.4 is 38.5 Å². The van der Waals surface area contributed by atoms with E-state index in [-0.39, 0.29) is 47.0 Å². The summed E-state index contributed by atoms with van der Waals surface area (Å²) in [4.78, 5) is 14.6. The van der Waals surface area contributed by atoms with Crippen molar-refractivity contribution >= 4 is 27.3 Å². The first kappa shape index (κ1) is 21.0. The summed E-state index contributed by atoms with van der Waals surface area (Å²) in [5.41, 5.74) is 0.693. The SMILES string of the molecule is COc1cc2oc(C)c(C(=O)N3CCCCC3)c2cc1OS(=O)(=O)[O-].[Na+]. The number of fused-ring (bicyclic) bond motifs is 1. The van der Waals surface area contributed by atoms with Crippen LogP contribution in [0.5, 0.6) is 11.5 Å². The Bertz CT molecular complexity index is 916. The van der Waals surface area contributed by atoms with E-state index in [2.05, 4.69) is 4.18 Å². The monoisotopic (exact) mass is 391 g/mol. The van der Waals surface area contributed by atoms with Gasteiger partial charge in [-0.05, 0) is 32.3 Å². The number of rotatable bonds is 4. The molecular weight excluding hydrogens is 373 g/mol. The Labute approximate surface area is 173 Å². The molecule has 2 heterocycles. The van der Waals surface area contributed by atoms with E-state index in [0.717, 1.165) is 19.3 Å². The van der Waals surface area contributed by atoms with E-state index in [9.17, 15) is 17.8 Å². The maximum absolute atomic E-state index is 12.9. The summed E-state index contributed by atoms with van der Waals surface area (Å²) < 4.78 is 47.9. The normalized spacial score (nSPS) is 14.8. The molecule has 0 N–H and O–H groups in total. The molecule has 0 atom stereocenters. The Morgan fingerprint density at radius 3 is 2.42 bits per heavy atom. The third-order valence-electron chi connectivity index (χ3n) is 4.20. The number of piperidine rings is 1. The Morgan fingerprint density at radius 1 is 1.19 bits per heavy atom. The zero-order valence-electron chi connectivity index (χ0n) is 14.9. The fourth-order valence-electron chi connectivity index (χ4n) is 3.08. The van der Waals surface area contributed by atoms with Crippen LogP contribution in [0.15, 0.2) is 16.5 Å². The van der Waals surface area contributed by atoms with Crippen LogP contribution in [-0.4, -0.2) is 44.0 Å². The molecule has 0 aliphatic carbocycles. The van der Waals surface area contributed by atoms with E-state index in [0.29, 0.717) is 35.4 Å². The first-order valence-electron chi connectivity index (χ1n) is 7.86. The summed E-state index contributed by atoms with van der Waals surface area (Å²) in [6.07, 6.45) is 2.97. The van der Waals surface area contributed by atoms with Gasteiger partial charge in [0, 0.05) is 24.5 Å². The molecule has 1 fully saturated rings. The van der Waals surface area contributed by atoms with Crippen molar-refractivity contribution in [3.05, 3.63) is 23.5 Å². The summed E-state index contributed by atoms with van der Waals surface area (Å²) in [6.45, 7) is 2.99. The van der Waals surface area contributed by atoms with Gasteiger partial charge in [0.2, 0.25) is 0 Å². The van der Waals surface area contributed by atoms with E-state index in [4.69, 9.17) is 9.15 Å². The second kappa shape index (κ2) is 8.18. The fourth-order valence-corrected chi connectivity index (χ4v) is 3.43. The minimum Gasteiger partial charge on any atom is -0.716 e. The van der Waals surface area contributed by atoms with Crippen LogP contribution in [0.3, 0.4) is 0 Å². The predicted octanol–water partition coefficient (Wildman–Crippen LogP) is -0.781. The predicted molar refractivity (Wildman–Crippen MR) is 87.6 cm³/mol. The molecule has 0 bridgehead atoms. The number of furan rings is 1. The van der Waals surface area contributed by atoms with E-state index in [1.165, 1.54) is 19.2 Å². The largest absolute Gasteiger partial charge is 1.00 e. The topological polar surface area (TPSA) is 109 Å². The molecule has 8 nitrogen and oxygen atoms in total. The third-order valence-corrected chi connectivity index (χ3v) is 4.58. The number of hydrogen-bond donors (Lipinski definition) is 0. The van der Waals surface area contributed by atoms with E-state index in [1.54, 1.807) is 11.8 Å². The van der Waals surface area contributed by atoms with Gasteiger partial charge in [-0.1, -0.05) is 0 Å². The molecule has 1 aromatic carbocycles. The van der Waals surface area contributed by atoms with Gasteiger partial charge in [0.1, 0.15) is 11.3 Å². The van der Waals surface area contributed by atoms with Gasteiger partial charge in [-0.25, -0.2) is 8.42 Å². The molecule has 10 heteroatoms. The van der Waals surface area contributed by atoms with Crippen LogP contribution in [0, 0.1) is 6.92 Å². The van der Waals surface area contributed by atoms with Crippen LogP contribution in [0.4, 0.5) is 0 Å². The van der Waals surface area contributed by atoms with E-state index >= 15 is 0 Å². The average Bonchev–Trinajstić information content (AvgIpc) is 2.87. The second-order valence-electron chi connectivity index (χ2n) is 5.88. The zero-order chi connectivity index (χ0) is 18.2. The number of aryl methyl sites for hydroxylation is 1. The Hall–Kier alpha value is -1.26. The van der Waals surface area contributed by atoms with Gasteiger partial charge in [-0.3, -0.25) is 4.79 Å². The Morgan fingerprint density at radius 2 is 1.85 bits per heavy atom. The number of hydrogen-bond acceptors (Lipinski definition) is 7. The minimum atomic E-state index is -4.98. The zero-order valence-corrected chi connectivity index (χ0v) is 17.7. The van der Waals surface area contributed by atoms with E-state index in [1.807, 2.05) is 0 Å². The van der Waals surface area contributed by atoms with Crippen molar-refractivity contribution in [2.45, 2.75) is 26.2 Å². The summed E-state index contributed by atoms with van der Waals surface area (Å²) in [7, 11) is -3.67. The van der Waals surface area contributed by atoms with Crippen molar-refractivity contribution in [2.75, 3.05) is 20.2 Å². The van der Waals surface area contributed by atoms with Gasteiger partial charge in [-0.2, -0.15) is 0 Å². The number of methoxy groups -OCH3 is 1. The summed E-state index contributed by atoms with van der Waals surface area (Å²) in [5, 5.41) is 0.382. The molecule has 0 radical (unpaired) electrons. The first-order valence-corrected chi connectivity index (χ1v) is 9.19. The number of likely N-dealkylation sites (tertiary alicyclic amines) is 1. The smallest absolute Gasteiger partial charge is 0.716 e. The molecule has 2 aromatic rings. The van der Waals surface area contributed by atoms with Gasteiger partial charge >= 0.3 is 29.6 Å². The minimum absolute atomic E-state index is 0. The number of amides is 1. The number of carbonyl (C=O) groups is 1. The number of nitrogens with zero attached hydrogens (tertiary/aromatic N) is 1. The molecule has 0 spiro atoms. The van der Waals surface area contributed by atoms with Crippen molar-refractivity contribution < 1.29 is 60.7 Å². The van der Waals surface area contributed by atoms with E-state index < -0.39 is 10.4 Å². The van der Waals surface area contributed by atoms with Crippen molar-refractivity contribution in [1.29, 1.82) is 0 Å². The van der Waals surface area contributed by atoms with Crippen molar-refractivity contribution in [3.63, 3.8) is 0 Å².